The molecule has 0 aliphatic rings. The van der Waals surface area contributed by atoms with Crippen molar-refractivity contribution in [3.63, 3.8) is 0 Å². The molecule has 2 aromatic carbocycles. The van der Waals surface area contributed by atoms with Crippen LogP contribution >= 0.6 is 0 Å². The minimum atomic E-state index is -4.59. The predicted molar refractivity (Wildman–Crippen MR) is 125 cm³/mol. The minimum Gasteiger partial charge on any atom is -0.340 e. The molecule has 5 nitrogen and oxygen atoms in total. The molecule has 0 saturated heterocycles. The molecule has 188 valence electrons. The minimum absolute atomic E-state index is 0.224. The molecule has 1 N–H and O–H groups in total. The van der Waals surface area contributed by atoms with Crippen LogP contribution in [0.4, 0.5) is 37.8 Å². The number of halogens is 6. The monoisotopic (exact) mass is 505 g/mol. The summed E-state index contributed by atoms with van der Waals surface area (Å²) < 4.78 is 79.4. The second-order valence-electron chi connectivity index (χ2n) is 8.37. The van der Waals surface area contributed by atoms with Crippen molar-refractivity contribution in [2.75, 3.05) is 26.0 Å². The maximum atomic E-state index is 13.5. The number of pyridine rings is 1. The Labute approximate surface area is 202 Å². The fourth-order valence-corrected chi connectivity index (χ4v) is 3.60. The smallest absolute Gasteiger partial charge is 0.340 e. The number of nitrogens with zero attached hydrogens (tertiary/aromatic N) is 4. The van der Waals surface area contributed by atoms with Crippen molar-refractivity contribution in [1.29, 1.82) is 0 Å². The molecule has 0 fully saturated rings. The first-order chi connectivity index (χ1) is 16.9. The van der Waals surface area contributed by atoms with Gasteiger partial charge in [-0.1, -0.05) is 6.07 Å². The maximum Gasteiger partial charge on any atom is 0.418 e. The van der Waals surface area contributed by atoms with Crippen LogP contribution in [0, 0.1) is 0 Å². The molecule has 0 aliphatic carbocycles. The van der Waals surface area contributed by atoms with Crippen LogP contribution in [0.15, 0.2) is 60.8 Å². The lowest BCUT2D eigenvalue weighted by molar-refractivity contribution is -0.138. The van der Waals surface area contributed by atoms with Crippen LogP contribution in [0.3, 0.4) is 0 Å². The first kappa shape index (κ1) is 25.4. The standard InChI is InChI=1S/C25H21F6N5/c1-36(2)13-11-21-34-20-14-15(22-19(25(29,30)31)4-3-12-32-22)5-10-18(20)23(35-21)33-17-8-6-16(7-9-17)24(26,27)28/h3-10,12,14H,11,13H2,1-2H3,(H,33,34,35). The second kappa shape index (κ2) is 9.73. The molecule has 0 radical (unpaired) electrons. The number of benzene rings is 2. The number of anilines is 2. The first-order valence-electron chi connectivity index (χ1n) is 10.8. The van der Waals surface area contributed by atoms with E-state index in [1.807, 2.05) is 19.0 Å². The third kappa shape index (κ3) is 5.73. The number of hydrogen-bond acceptors (Lipinski definition) is 5. The van der Waals surface area contributed by atoms with E-state index in [9.17, 15) is 26.3 Å². The Hall–Kier alpha value is -3.73. The van der Waals surface area contributed by atoms with Gasteiger partial charge in [-0.05, 0) is 62.6 Å². The van der Waals surface area contributed by atoms with Crippen molar-refractivity contribution in [3.8, 4) is 11.3 Å². The molecule has 36 heavy (non-hydrogen) atoms. The Morgan fingerprint density at radius 3 is 2.22 bits per heavy atom. The summed E-state index contributed by atoms with van der Waals surface area (Å²) in [5.41, 5.74) is -0.896. The molecule has 0 bridgehead atoms. The third-order valence-electron chi connectivity index (χ3n) is 5.39. The van der Waals surface area contributed by atoms with E-state index in [0.29, 0.717) is 41.2 Å². The van der Waals surface area contributed by atoms with E-state index in [2.05, 4.69) is 20.3 Å². The van der Waals surface area contributed by atoms with Crippen molar-refractivity contribution in [2.45, 2.75) is 18.8 Å². The number of likely N-dealkylation sites (N-methyl/N-ethyl adjacent to an activating group) is 1. The van der Waals surface area contributed by atoms with E-state index < -0.39 is 23.5 Å². The van der Waals surface area contributed by atoms with Gasteiger partial charge < -0.3 is 10.2 Å². The number of rotatable bonds is 6. The van der Waals surface area contributed by atoms with Crippen LogP contribution in [0.1, 0.15) is 17.0 Å². The molecule has 0 unspecified atom stereocenters. The molecular formula is C25H21F6N5. The Kier molecular flexibility index (Phi) is 6.85. The van der Waals surface area contributed by atoms with E-state index in [1.165, 1.54) is 36.5 Å². The highest BCUT2D eigenvalue weighted by atomic mass is 19.4. The Bertz CT molecular complexity index is 1360. The number of hydrogen-bond donors (Lipinski definition) is 1. The summed E-state index contributed by atoms with van der Waals surface area (Å²) in [6.45, 7) is 0.614. The van der Waals surface area contributed by atoms with Crippen molar-refractivity contribution >= 4 is 22.4 Å². The highest BCUT2D eigenvalue weighted by molar-refractivity contribution is 5.93. The number of nitrogens with one attached hydrogen (secondary N) is 1. The van der Waals surface area contributed by atoms with Gasteiger partial charge in [0.2, 0.25) is 0 Å². The van der Waals surface area contributed by atoms with E-state index in [-0.39, 0.29) is 11.3 Å². The SMILES string of the molecule is CN(C)CCc1nc(Nc2ccc(C(F)(F)F)cc2)c2ccc(-c3ncccc3C(F)(F)F)cc2n1. The molecule has 4 rings (SSSR count). The van der Waals surface area contributed by atoms with Crippen LogP contribution < -0.4 is 5.32 Å². The van der Waals surface area contributed by atoms with Crippen molar-refractivity contribution < 1.29 is 26.3 Å². The molecule has 4 aromatic rings. The molecule has 0 saturated carbocycles. The van der Waals surface area contributed by atoms with E-state index in [0.717, 1.165) is 18.2 Å². The van der Waals surface area contributed by atoms with E-state index >= 15 is 0 Å². The quantitative estimate of drug-likeness (QED) is 0.300. The topological polar surface area (TPSA) is 53.9 Å². The normalized spacial score (nSPS) is 12.4. The van der Waals surface area contributed by atoms with Gasteiger partial charge in [-0.25, -0.2) is 9.97 Å². The van der Waals surface area contributed by atoms with Gasteiger partial charge >= 0.3 is 12.4 Å². The summed E-state index contributed by atoms with van der Waals surface area (Å²) >= 11 is 0. The lowest BCUT2D eigenvalue weighted by Crippen LogP contribution is -2.16. The molecule has 2 heterocycles. The average molecular weight is 505 g/mol. The van der Waals surface area contributed by atoms with Gasteiger partial charge in [0.15, 0.2) is 0 Å². The van der Waals surface area contributed by atoms with Gasteiger partial charge in [0.05, 0.1) is 22.3 Å². The first-order valence-corrected chi connectivity index (χ1v) is 10.8. The fourth-order valence-electron chi connectivity index (χ4n) is 3.60. The molecule has 0 atom stereocenters. The third-order valence-corrected chi connectivity index (χ3v) is 5.39. The van der Waals surface area contributed by atoms with Crippen LogP contribution in [-0.2, 0) is 18.8 Å². The average Bonchev–Trinajstić information content (AvgIpc) is 2.81. The Balaban J connectivity index is 1.79. The Morgan fingerprint density at radius 1 is 0.861 bits per heavy atom. The maximum absolute atomic E-state index is 13.5. The zero-order valence-corrected chi connectivity index (χ0v) is 19.2. The van der Waals surface area contributed by atoms with Gasteiger partial charge in [-0.3, -0.25) is 4.98 Å². The molecule has 0 aliphatic heterocycles. The number of alkyl halides is 6. The van der Waals surface area contributed by atoms with Gasteiger partial charge in [0, 0.05) is 35.8 Å². The molecular weight excluding hydrogens is 484 g/mol. The molecule has 2 aromatic heterocycles. The fraction of sp³-hybridized carbons (Fsp3) is 0.240. The van der Waals surface area contributed by atoms with Crippen molar-refractivity contribution in [1.82, 2.24) is 19.9 Å². The van der Waals surface area contributed by atoms with Crippen LogP contribution in [0.25, 0.3) is 22.2 Å². The van der Waals surface area contributed by atoms with Gasteiger partial charge in [0.25, 0.3) is 0 Å². The highest BCUT2D eigenvalue weighted by Gasteiger charge is 2.34. The van der Waals surface area contributed by atoms with E-state index in [1.54, 1.807) is 6.07 Å². The summed E-state index contributed by atoms with van der Waals surface area (Å²) in [5.74, 6) is 0.761. The van der Waals surface area contributed by atoms with E-state index in [4.69, 9.17) is 0 Å². The molecule has 0 amide bonds. The summed E-state index contributed by atoms with van der Waals surface area (Å²) in [5, 5.41) is 3.52. The van der Waals surface area contributed by atoms with Crippen molar-refractivity contribution in [2.24, 2.45) is 0 Å². The number of fused-ring (bicyclic) bond motifs is 1. The van der Waals surface area contributed by atoms with Gasteiger partial charge in [0.1, 0.15) is 11.6 Å². The summed E-state index contributed by atoms with van der Waals surface area (Å²) in [6.07, 6.45) is -7.31. The van der Waals surface area contributed by atoms with Crippen LogP contribution in [0.5, 0.6) is 0 Å². The molecule has 11 heteroatoms. The van der Waals surface area contributed by atoms with Gasteiger partial charge in [-0.15, -0.1) is 0 Å². The molecule has 0 spiro atoms. The summed E-state index contributed by atoms with van der Waals surface area (Å²) in [4.78, 5) is 14.9. The lowest BCUT2D eigenvalue weighted by atomic mass is 10.0. The zero-order chi connectivity index (χ0) is 26.1. The van der Waals surface area contributed by atoms with Crippen LogP contribution in [-0.4, -0.2) is 40.5 Å². The highest BCUT2D eigenvalue weighted by Crippen LogP contribution is 2.37. The predicted octanol–water partition coefficient (Wildman–Crippen LogP) is 6.58. The lowest BCUT2D eigenvalue weighted by Gasteiger charge is -2.15. The largest absolute Gasteiger partial charge is 0.418 e. The number of aromatic nitrogens is 3. The zero-order valence-electron chi connectivity index (χ0n) is 19.2. The van der Waals surface area contributed by atoms with Crippen LogP contribution in [0.2, 0.25) is 0 Å². The second-order valence-corrected chi connectivity index (χ2v) is 8.37. The van der Waals surface area contributed by atoms with Gasteiger partial charge in [-0.2, -0.15) is 26.3 Å². The summed E-state index contributed by atoms with van der Waals surface area (Å²) in [6, 6.07) is 11.2. The Morgan fingerprint density at radius 2 is 1.58 bits per heavy atom. The van der Waals surface area contributed by atoms with Crippen molar-refractivity contribution in [3.05, 3.63) is 77.7 Å². The summed E-state index contributed by atoms with van der Waals surface area (Å²) in [7, 11) is 3.75.